The minimum atomic E-state index is 0.638. The fourth-order valence-electron chi connectivity index (χ4n) is 3.74. The second-order valence-electron chi connectivity index (χ2n) is 5.99. The van der Waals surface area contributed by atoms with E-state index in [1.165, 1.54) is 50.5 Å². The van der Waals surface area contributed by atoms with Crippen LogP contribution in [0.5, 0.6) is 0 Å². The molecule has 1 nitrogen and oxygen atoms in total. The molecule has 2 fully saturated rings. The standard InChI is InChI=1S/C16H22ClN/c17-14-7-3-2-6-13(14)12-18-15-8-11-16(15)9-4-1-5-10-16/h2-3,6-7,15,18H,1,4-5,8-12H2. The molecule has 1 atom stereocenters. The summed E-state index contributed by atoms with van der Waals surface area (Å²) in [6, 6.07) is 8.91. The largest absolute Gasteiger partial charge is 0.309 e. The van der Waals surface area contributed by atoms with Crippen molar-refractivity contribution in [1.82, 2.24) is 5.32 Å². The first-order chi connectivity index (χ1) is 8.80. The number of benzene rings is 1. The first-order valence-electron chi connectivity index (χ1n) is 7.27. The van der Waals surface area contributed by atoms with E-state index in [1.54, 1.807) is 0 Å². The van der Waals surface area contributed by atoms with Gasteiger partial charge in [-0.15, -0.1) is 0 Å². The average Bonchev–Trinajstić information content (AvgIpc) is 2.41. The minimum Gasteiger partial charge on any atom is -0.309 e. The number of halogens is 1. The second kappa shape index (κ2) is 5.22. The number of hydrogen-bond acceptors (Lipinski definition) is 1. The predicted octanol–water partition coefficient (Wildman–Crippen LogP) is 4.54. The molecule has 2 aliphatic carbocycles. The van der Waals surface area contributed by atoms with Gasteiger partial charge in [-0.2, -0.15) is 0 Å². The fraction of sp³-hybridized carbons (Fsp3) is 0.625. The SMILES string of the molecule is Clc1ccccc1CNC1CCC12CCCCC2. The molecule has 1 aromatic rings. The summed E-state index contributed by atoms with van der Waals surface area (Å²) in [5, 5.41) is 4.64. The summed E-state index contributed by atoms with van der Waals surface area (Å²) < 4.78 is 0. The van der Waals surface area contributed by atoms with Crippen LogP contribution < -0.4 is 5.32 Å². The highest BCUT2D eigenvalue weighted by Gasteiger charge is 2.46. The van der Waals surface area contributed by atoms with Gasteiger partial charge >= 0.3 is 0 Å². The predicted molar refractivity (Wildman–Crippen MR) is 76.8 cm³/mol. The maximum absolute atomic E-state index is 6.21. The Morgan fingerprint density at radius 2 is 1.89 bits per heavy atom. The molecule has 0 aliphatic heterocycles. The third-order valence-electron chi connectivity index (χ3n) is 5.02. The summed E-state index contributed by atoms with van der Waals surface area (Å²) in [5.41, 5.74) is 1.87. The highest BCUT2D eigenvalue weighted by Crippen LogP contribution is 2.51. The van der Waals surface area contributed by atoms with Crippen LogP contribution in [0.15, 0.2) is 24.3 Å². The molecule has 0 heterocycles. The highest BCUT2D eigenvalue weighted by molar-refractivity contribution is 6.31. The molecule has 2 aliphatic rings. The van der Waals surface area contributed by atoms with E-state index in [0.29, 0.717) is 5.41 Å². The van der Waals surface area contributed by atoms with Crippen LogP contribution in [-0.4, -0.2) is 6.04 Å². The molecule has 0 radical (unpaired) electrons. The Balaban J connectivity index is 1.59. The van der Waals surface area contributed by atoms with Crippen molar-refractivity contribution < 1.29 is 0 Å². The molecule has 98 valence electrons. The van der Waals surface area contributed by atoms with Gasteiger partial charge < -0.3 is 5.32 Å². The van der Waals surface area contributed by atoms with Crippen molar-refractivity contribution in [3.05, 3.63) is 34.9 Å². The number of nitrogens with one attached hydrogen (secondary N) is 1. The monoisotopic (exact) mass is 263 g/mol. The van der Waals surface area contributed by atoms with Gasteiger partial charge in [0.05, 0.1) is 0 Å². The van der Waals surface area contributed by atoms with Crippen LogP contribution in [0.4, 0.5) is 0 Å². The van der Waals surface area contributed by atoms with Gasteiger partial charge in [-0.05, 0) is 42.7 Å². The molecule has 1 spiro atoms. The molecular formula is C16H22ClN. The lowest BCUT2D eigenvalue weighted by Crippen LogP contribution is -2.53. The zero-order chi connectivity index (χ0) is 12.4. The summed E-state index contributed by atoms with van der Waals surface area (Å²) in [4.78, 5) is 0. The second-order valence-corrected chi connectivity index (χ2v) is 6.39. The highest BCUT2D eigenvalue weighted by atomic mass is 35.5. The van der Waals surface area contributed by atoms with E-state index in [0.717, 1.165) is 17.6 Å². The van der Waals surface area contributed by atoms with E-state index in [-0.39, 0.29) is 0 Å². The van der Waals surface area contributed by atoms with E-state index in [2.05, 4.69) is 17.4 Å². The third-order valence-corrected chi connectivity index (χ3v) is 5.38. The van der Waals surface area contributed by atoms with Gasteiger partial charge in [0.2, 0.25) is 0 Å². The lowest BCUT2D eigenvalue weighted by Gasteiger charge is -2.52. The molecule has 2 heteroatoms. The van der Waals surface area contributed by atoms with Crippen molar-refractivity contribution in [1.29, 1.82) is 0 Å². The van der Waals surface area contributed by atoms with E-state index in [4.69, 9.17) is 11.6 Å². The maximum Gasteiger partial charge on any atom is 0.0450 e. The van der Waals surface area contributed by atoms with Crippen molar-refractivity contribution >= 4 is 11.6 Å². The van der Waals surface area contributed by atoms with Crippen LogP contribution in [-0.2, 0) is 6.54 Å². The lowest BCUT2D eigenvalue weighted by atomic mass is 9.57. The van der Waals surface area contributed by atoms with Gasteiger partial charge in [0.25, 0.3) is 0 Å². The first kappa shape index (κ1) is 12.5. The van der Waals surface area contributed by atoms with Gasteiger partial charge in [0, 0.05) is 17.6 Å². The lowest BCUT2D eigenvalue weighted by molar-refractivity contribution is 0.0221. The van der Waals surface area contributed by atoms with Crippen molar-refractivity contribution in [3.63, 3.8) is 0 Å². The van der Waals surface area contributed by atoms with Gasteiger partial charge in [0.15, 0.2) is 0 Å². The number of rotatable bonds is 3. The summed E-state index contributed by atoms with van der Waals surface area (Å²) in [5.74, 6) is 0. The Bertz CT molecular complexity index is 409. The Morgan fingerprint density at radius 1 is 1.11 bits per heavy atom. The van der Waals surface area contributed by atoms with Crippen molar-refractivity contribution in [2.24, 2.45) is 5.41 Å². The van der Waals surface area contributed by atoms with Crippen LogP contribution in [0.1, 0.15) is 50.5 Å². The minimum absolute atomic E-state index is 0.638. The van der Waals surface area contributed by atoms with Crippen molar-refractivity contribution in [2.75, 3.05) is 0 Å². The molecule has 2 saturated carbocycles. The Morgan fingerprint density at radius 3 is 2.56 bits per heavy atom. The van der Waals surface area contributed by atoms with Crippen molar-refractivity contribution in [3.8, 4) is 0 Å². The van der Waals surface area contributed by atoms with Gasteiger partial charge in [-0.1, -0.05) is 49.1 Å². The third kappa shape index (κ3) is 2.31. The normalized spacial score (nSPS) is 25.9. The summed E-state index contributed by atoms with van der Waals surface area (Å²) in [6.45, 7) is 0.923. The molecule has 3 rings (SSSR count). The van der Waals surface area contributed by atoms with Crippen LogP contribution in [0.25, 0.3) is 0 Å². The van der Waals surface area contributed by atoms with Crippen LogP contribution in [0.2, 0.25) is 5.02 Å². The van der Waals surface area contributed by atoms with Crippen LogP contribution >= 0.6 is 11.6 Å². The van der Waals surface area contributed by atoms with E-state index >= 15 is 0 Å². The maximum atomic E-state index is 6.21. The number of hydrogen-bond donors (Lipinski definition) is 1. The molecule has 18 heavy (non-hydrogen) atoms. The molecule has 0 saturated heterocycles. The smallest absolute Gasteiger partial charge is 0.0450 e. The quantitative estimate of drug-likeness (QED) is 0.844. The molecule has 1 unspecified atom stereocenters. The van der Waals surface area contributed by atoms with Crippen LogP contribution in [0.3, 0.4) is 0 Å². The Kier molecular flexibility index (Phi) is 3.63. The topological polar surface area (TPSA) is 12.0 Å². The summed E-state index contributed by atoms with van der Waals surface area (Å²) in [6.07, 6.45) is 9.98. The van der Waals surface area contributed by atoms with E-state index in [1.807, 2.05) is 12.1 Å². The molecule has 0 aromatic heterocycles. The van der Waals surface area contributed by atoms with Gasteiger partial charge in [0.1, 0.15) is 0 Å². The summed E-state index contributed by atoms with van der Waals surface area (Å²) in [7, 11) is 0. The first-order valence-corrected chi connectivity index (χ1v) is 7.65. The van der Waals surface area contributed by atoms with Crippen LogP contribution in [0, 0.1) is 5.41 Å². The molecule has 1 aromatic carbocycles. The Labute approximate surface area is 115 Å². The molecule has 0 amide bonds. The zero-order valence-electron chi connectivity index (χ0n) is 10.9. The zero-order valence-corrected chi connectivity index (χ0v) is 11.7. The molecule has 1 N–H and O–H groups in total. The van der Waals surface area contributed by atoms with Crippen molar-refractivity contribution in [2.45, 2.75) is 57.5 Å². The Hall–Kier alpha value is -0.530. The molecule has 0 bridgehead atoms. The summed E-state index contributed by atoms with van der Waals surface area (Å²) >= 11 is 6.21. The van der Waals surface area contributed by atoms with E-state index in [9.17, 15) is 0 Å². The van der Waals surface area contributed by atoms with E-state index < -0.39 is 0 Å². The fourth-order valence-corrected chi connectivity index (χ4v) is 3.95. The van der Waals surface area contributed by atoms with Gasteiger partial charge in [-0.3, -0.25) is 0 Å². The average molecular weight is 264 g/mol. The molecular weight excluding hydrogens is 242 g/mol. The van der Waals surface area contributed by atoms with Gasteiger partial charge in [-0.25, -0.2) is 0 Å².